The summed E-state index contributed by atoms with van der Waals surface area (Å²) >= 11 is 0. The summed E-state index contributed by atoms with van der Waals surface area (Å²) in [6.07, 6.45) is 5.06. The molecule has 0 aliphatic carbocycles. The van der Waals surface area contributed by atoms with Gasteiger partial charge in [-0.15, -0.1) is 0 Å². The van der Waals surface area contributed by atoms with Crippen LogP contribution in [0.4, 0.5) is 5.82 Å². The predicted molar refractivity (Wildman–Crippen MR) is 93.4 cm³/mol. The first-order chi connectivity index (χ1) is 12.1. The summed E-state index contributed by atoms with van der Waals surface area (Å²) in [5.74, 6) is 0.919. The number of hydrogen-bond acceptors (Lipinski definition) is 6. The molecule has 0 saturated carbocycles. The molecule has 1 amide bonds. The van der Waals surface area contributed by atoms with Crippen LogP contribution < -0.4 is 4.90 Å². The summed E-state index contributed by atoms with van der Waals surface area (Å²) in [6, 6.07) is 3.64. The van der Waals surface area contributed by atoms with Crippen molar-refractivity contribution in [2.45, 2.75) is 6.92 Å². The minimum Gasteiger partial charge on any atom is -0.352 e. The van der Waals surface area contributed by atoms with E-state index in [9.17, 15) is 4.79 Å². The van der Waals surface area contributed by atoms with E-state index < -0.39 is 0 Å². The van der Waals surface area contributed by atoms with Crippen molar-refractivity contribution < 1.29 is 4.79 Å². The van der Waals surface area contributed by atoms with Crippen LogP contribution in [0.5, 0.6) is 0 Å². The Balaban J connectivity index is 1.51. The molecule has 4 rings (SSSR count). The van der Waals surface area contributed by atoms with Crippen molar-refractivity contribution >= 4 is 22.8 Å². The molecule has 1 fully saturated rings. The summed E-state index contributed by atoms with van der Waals surface area (Å²) in [6.45, 7) is 4.62. The maximum Gasteiger partial charge on any atom is 0.255 e. The summed E-state index contributed by atoms with van der Waals surface area (Å²) in [5, 5.41) is 5.20. The van der Waals surface area contributed by atoms with Gasteiger partial charge in [0.25, 0.3) is 5.91 Å². The molecule has 3 aromatic heterocycles. The Morgan fingerprint density at radius 1 is 1.12 bits per heavy atom. The number of fused-ring (bicyclic) bond motifs is 1. The van der Waals surface area contributed by atoms with E-state index in [1.54, 1.807) is 29.5 Å². The van der Waals surface area contributed by atoms with Gasteiger partial charge in [-0.3, -0.25) is 14.5 Å². The molecule has 128 valence electrons. The maximum absolute atomic E-state index is 12.7. The van der Waals surface area contributed by atoms with Crippen molar-refractivity contribution in [1.82, 2.24) is 29.6 Å². The smallest absolute Gasteiger partial charge is 0.255 e. The van der Waals surface area contributed by atoms with Gasteiger partial charge < -0.3 is 9.80 Å². The molecule has 8 nitrogen and oxygen atoms in total. The lowest BCUT2D eigenvalue weighted by Crippen LogP contribution is -2.49. The first-order valence-electron chi connectivity index (χ1n) is 8.23. The fraction of sp³-hybridized carbons (Fsp3) is 0.353. The van der Waals surface area contributed by atoms with E-state index in [1.165, 1.54) is 0 Å². The van der Waals surface area contributed by atoms with Gasteiger partial charge in [-0.05, 0) is 19.1 Å². The molecule has 1 aliphatic rings. The first-order valence-corrected chi connectivity index (χ1v) is 8.23. The number of pyridine rings is 1. The fourth-order valence-electron chi connectivity index (χ4n) is 3.20. The van der Waals surface area contributed by atoms with Gasteiger partial charge in [0.2, 0.25) is 0 Å². The first kappa shape index (κ1) is 15.5. The SMILES string of the molecule is Cc1ncccc1C(=O)N1CCN(c2ncnc3c2cnn3C)CC1. The van der Waals surface area contributed by atoms with Crippen LogP contribution in [0.3, 0.4) is 0 Å². The number of amides is 1. The molecule has 0 N–H and O–H groups in total. The molecule has 0 aromatic carbocycles. The van der Waals surface area contributed by atoms with Crippen molar-refractivity contribution in [2.24, 2.45) is 7.05 Å². The molecule has 1 aliphatic heterocycles. The molecule has 8 heteroatoms. The molecule has 4 heterocycles. The van der Waals surface area contributed by atoms with Crippen LogP contribution in [0, 0.1) is 6.92 Å². The number of aromatic nitrogens is 5. The average molecular weight is 337 g/mol. The lowest BCUT2D eigenvalue weighted by Gasteiger charge is -2.35. The predicted octanol–water partition coefficient (Wildman–Crippen LogP) is 1.03. The van der Waals surface area contributed by atoms with Crippen LogP contribution in [-0.4, -0.2) is 61.7 Å². The Hall–Kier alpha value is -3.03. The monoisotopic (exact) mass is 337 g/mol. The highest BCUT2D eigenvalue weighted by atomic mass is 16.2. The molecule has 0 bridgehead atoms. The molecule has 0 spiro atoms. The number of rotatable bonds is 2. The third-order valence-corrected chi connectivity index (χ3v) is 4.61. The van der Waals surface area contributed by atoms with Crippen LogP contribution in [0.2, 0.25) is 0 Å². The number of hydrogen-bond donors (Lipinski definition) is 0. The Kier molecular flexibility index (Phi) is 3.79. The van der Waals surface area contributed by atoms with Crippen molar-refractivity contribution in [3.8, 4) is 0 Å². The highest BCUT2D eigenvalue weighted by Crippen LogP contribution is 2.23. The molecule has 0 radical (unpaired) electrons. The van der Waals surface area contributed by atoms with Gasteiger partial charge in [0.1, 0.15) is 12.1 Å². The number of aryl methyl sites for hydroxylation is 2. The van der Waals surface area contributed by atoms with Gasteiger partial charge in [-0.25, -0.2) is 9.97 Å². The van der Waals surface area contributed by atoms with Crippen LogP contribution in [0.15, 0.2) is 30.9 Å². The maximum atomic E-state index is 12.7. The van der Waals surface area contributed by atoms with E-state index in [1.807, 2.05) is 24.9 Å². The van der Waals surface area contributed by atoms with Crippen molar-refractivity contribution in [2.75, 3.05) is 31.1 Å². The zero-order chi connectivity index (χ0) is 17.4. The Labute approximate surface area is 145 Å². The average Bonchev–Trinajstić information content (AvgIpc) is 3.03. The molecule has 0 atom stereocenters. The second-order valence-corrected chi connectivity index (χ2v) is 6.12. The van der Waals surface area contributed by atoms with Gasteiger partial charge in [0, 0.05) is 45.1 Å². The molecular formula is C17H19N7O. The van der Waals surface area contributed by atoms with Crippen molar-refractivity contribution in [1.29, 1.82) is 0 Å². The minimum atomic E-state index is 0.0412. The van der Waals surface area contributed by atoms with Crippen LogP contribution in [-0.2, 0) is 7.05 Å². The minimum absolute atomic E-state index is 0.0412. The molecule has 0 unspecified atom stereocenters. The topological polar surface area (TPSA) is 80.0 Å². The summed E-state index contributed by atoms with van der Waals surface area (Å²) in [7, 11) is 1.87. The standard InChI is InChI=1S/C17H19N7O/c1-12-13(4-3-5-18-12)17(25)24-8-6-23(7-9-24)16-14-10-21-22(2)15(14)19-11-20-16/h3-5,10-11H,6-9H2,1-2H3. The number of anilines is 1. The van der Waals surface area contributed by atoms with E-state index in [0.717, 1.165) is 35.6 Å². The molecule has 1 saturated heterocycles. The van der Waals surface area contributed by atoms with E-state index in [4.69, 9.17) is 0 Å². The summed E-state index contributed by atoms with van der Waals surface area (Å²) in [5.41, 5.74) is 2.25. The Bertz CT molecular complexity index is 928. The normalized spacial score (nSPS) is 15.0. The van der Waals surface area contributed by atoms with Crippen LogP contribution >= 0.6 is 0 Å². The third-order valence-electron chi connectivity index (χ3n) is 4.61. The number of carbonyl (C=O) groups is 1. The number of piperazine rings is 1. The van der Waals surface area contributed by atoms with Gasteiger partial charge in [0.05, 0.1) is 17.1 Å². The molecule has 3 aromatic rings. The zero-order valence-electron chi connectivity index (χ0n) is 14.3. The number of nitrogens with zero attached hydrogens (tertiary/aromatic N) is 7. The fourth-order valence-corrected chi connectivity index (χ4v) is 3.20. The largest absolute Gasteiger partial charge is 0.352 e. The van der Waals surface area contributed by atoms with E-state index in [0.29, 0.717) is 18.7 Å². The third kappa shape index (κ3) is 2.69. The second kappa shape index (κ2) is 6.12. The lowest BCUT2D eigenvalue weighted by atomic mass is 10.1. The van der Waals surface area contributed by atoms with E-state index in [2.05, 4.69) is 25.0 Å². The highest BCUT2D eigenvalue weighted by Gasteiger charge is 2.25. The van der Waals surface area contributed by atoms with E-state index in [-0.39, 0.29) is 5.91 Å². The van der Waals surface area contributed by atoms with Gasteiger partial charge >= 0.3 is 0 Å². The highest BCUT2D eigenvalue weighted by molar-refractivity contribution is 5.95. The lowest BCUT2D eigenvalue weighted by molar-refractivity contribution is 0.0745. The molecule has 25 heavy (non-hydrogen) atoms. The Morgan fingerprint density at radius 2 is 1.92 bits per heavy atom. The quantitative estimate of drug-likeness (QED) is 0.695. The summed E-state index contributed by atoms with van der Waals surface area (Å²) < 4.78 is 1.74. The van der Waals surface area contributed by atoms with Crippen LogP contribution in [0.25, 0.3) is 11.0 Å². The number of carbonyl (C=O) groups excluding carboxylic acids is 1. The summed E-state index contributed by atoms with van der Waals surface area (Å²) in [4.78, 5) is 29.7. The Morgan fingerprint density at radius 3 is 2.68 bits per heavy atom. The van der Waals surface area contributed by atoms with Crippen LogP contribution in [0.1, 0.15) is 16.1 Å². The van der Waals surface area contributed by atoms with Gasteiger partial charge in [-0.2, -0.15) is 5.10 Å². The van der Waals surface area contributed by atoms with Crippen molar-refractivity contribution in [3.63, 3.8) is 0 Å². The van der Waals surface area contributed by atoms with E-state index >= 15 is 0 Å². The van der Waals surface area contributed by atoms with Gasteiger partial charge in [0.15, 0.2) is 5.65 Å². The zero-order valence-corrected chi connectivity index (χ0v) is 14.3. The second-order valence-electron chi connectivity index (χ2n) is 6.12. The van der Waals surface area contributed by atoms with Crippen molar-refractivity contribution in [3.05, 3.63) is 42.1 Å². The van der Waals surface area contributed by atoms with Gasteiger partial charge in [-0.1, -0.05) is 0 Å². The molecular weight excluding hydrogens is 318 g/mol.